The first-order valence-electron chi connectivity index (χ1n) is 6.64. The Bertz CT molecular complexity index is 180. The summed E-state index contributed by atoms with van der Waals surface area (Å²) >= 11 is 0. The van der Waals surface area contributed by atoms with E-state index < -0.39 is 0 Å². The van der Waals surface area contributed by atoms with Crippen LogP contribution in [0.4, 0.5) is 0 Å². The zero-order chi connectivity index (χ0) is 12.0. The molecule has 0 aromatic rings. The van der Waals surface area contributed by atoms with Crippen molar-refractivity contribution in [3.8, 4) is 0 Å². The molecule has 1 atom stereocenters. The molecule has 1 fully saturated rings. The highest BCUT2D eigenvalue weighted by atomic mass is 15.2. The van der Waals surface area contributed by atoms with Gasteiger partial charge in [-0.3, -0.25) is 4.90 Å². The molecule has 0 aromatic heterocycles. The van der Waals surface area contributed by atoms with Crippen LogP contribution in [-0.2, 0) is 0 Å². The van der Waals surface area contributed by atoms with Crippen LogP contribution < -0.4 is 10.6 Å². The van der Waals surface area contributed by atoms with Crippen molar-refractivity contribution in [1.29, 1.82) is 0 Å². The van der Waals surface area contributed by atoms with Crippen LogP contribution in [0, 0.1) is 5.41 Å². The Morgan fingerprint density at radius 3 is 2.44 bits per heavy atom. The molecule has 0 spiro atoms. The maximum Gasteiger partial charge on any atom is 0.0193 e. The van der Waals surface area contributed by atoms with Crippen molar-refractivity contribution >= 4 is 0 Å². The van der Waals surface area contributed by atoms with Gasteiger partial charge in [0.25, 0.3) is 0 Å². The fourth-order valence-corrected chi connectivity index (χ4v) is 2.03. The average Bonchev–Trinajstić information content (AvgIpc) is 2.24. The van der Waals surface area contributed by atoms with Crippen molar-refractivity contribution in [2.75, 3.05) is 39.3 Å². The highest BCUT2D eigenvalue weighted by Gasteiger charge is 2.16. The van der Waals surface area contributed by atoms with Gasteiger partial charge in [-0.05, 0) is 25.3 Å². The number of nitrogens with zero attached hydrogens (tertiary/aromatic N) is 1. The van der Waals surface area contributed by atoms with Crippen molar-refractivity contribution in [2.45, 2.75) is 40.2 Å². The normalized spacial score (nSPS) is 21.0. The number of nitrogens with one attached hydrogen (secondary N) is 2. The molecule has 1 rings (SSSR count). The van der Waals surface area contributed by atoms with Gasteiger partial charge in [-0.1, -0.05) is 20.8 Å². The minimum atomic E-state index is 0.450. The predicted octanol–water partition coefficient (Wildman–Crippen LogP) is 1.31. The van der Waals surface area contributed by atoms with Crippen LogP contribution >= 0.6 is 0 Å². The molecule has 0 aromatic carbocycles. The van der Waals surface area contributed by atoms with Crippen LogP contribution in [0.1, 0.15) is 34.1 Å². The standard InChI is InChI=1S/C13H29N3/c1-12(16-9-7-14-8-10-16)11-15-6-5-13(2,3)4/h12,14-15H,5-11H2,1-4H3. The monoisotopic (exact) mass is 227 g/mol. The summed E-state index contributed by atoms with van der Waals surface area (Å²) in [5.41, 5.74) is 0.450. The summed E-state index contributed by atoms with van der Waals surface area (Å²) in [5.74, 6) is 0. The van der Waals surface area contributed by atoms with Crippen molar-refractivity contribution in [3.05, 3.63) is 0 Å². The zero-order valence-corrected chi connectivity index (χ0v) is 11.5. The van der Waals surface area contributed by atoms with E-state index in [-0.39, 0.29) is 0 Å². The van der Waals surface area contributed by atoms with E-state index in [2.05, 4.69) is 43.2 Å². The highest BCUT2D eigenvalue weighted by molar-refractivity contribution is 4.75. The van der Waals surface area contributed by atoms with Crippen LogP contribution in [-0.4, -0.2) is 50.2 Å². The van der Waals surface area contributed by atoms with E-state index >= 15 is 0 Å². The van der Waals surface area contributed by atoms with E-state index in [0.717, 1.165) is 26.2 Å². The van der Waals surface area contributed by atoms with Crippen LogP contribution in [0.25, 0.3) is 0 Å². The summed E-state index contributed by atoms with van der Waals surface area (Å²) in [6, 6.07) is 0.669. The number of rotatable bonds is 5. The Labute approximate surface area is 101 Å². The molecule has 0 saturated carbocycles. The van der Waals surface area contributed by atoms with E-state index in [4.69, 9.17) is 0 Å². The quantitative estimate of drug-likeness (QED) is 0.693. The van der Waals surface area contributed by atoms with Crippen LogP contribution in [0.5, 0.6) is 0 Å². The predicted molar refractivity (Wildman–Crippen MR) is 70.8 cm³/mol. The van der Waals surface area contributed by atoms with Gasteiger partial charge in [0.2, 0.25) is 0 Å². The third-order valence-corrected chi connectivity index (χ3v) is 3.27. The summed E-state index contributed by atoms with van der Waals surface area (Å²) in [5, 5.41) is 6.97. The Morgan fingerprint density at radius 1 is 1.25 bits per heavy atom. The smallest absolute Gasteiger partial charge is 0.0193 e. The van der Waals surface area contributed by atoms with E-state index in [0.29, 0.717) is 11.5 Å². The molecule has 2 N–H and O–H groups in total. The number of hydrogen-bond acceptors (Lipinski definition) is 3. The second-order valence-corrected chi connectivity index (χ2v) is 6.15. The van der Waals surface area contributed by atoms with Gasteiger partial charge < -0.3 is 10.6 Å². The molecule has 3 nitrogen and oxygen atoms in total. The fourth-order valence-electron chi connectivity index (χ4n) is 2.03. The lowest BCUT2D eigenvalue weighted by molar-refractivity contribution is 0.180. The van der Waals surface area contributed by atoms with E-state index in [9.17, 15) is 0 Å². The SMILES string of the molecule is CC(CNCCC(C)(C)C)N1CCNCC1. The molecule has 96 valence electrons. The minimum absolute atomic E-state index is 0.450. The molecular weight excluding hydrogens is 198 g/mol. The molecule has 0 bridgehead atoms. The Kier molecular flexibility index (Phi) is 5.73. The van der Waals surface area contributed by atoms with Gasteiger partial charge in [0, 0.05) is 38.8 Å². The summed E-state index contributed by atoms with van der Waals surface area (Å²) in [7, 11) is 0. The maximum atomic E-state index is 3.58. The van der Waals surface area contributed by atoms with Crippen molar-refractivity contribution < 1.29 is 0 Å². The molecule has 1 aliphatic rings. The van der Waals surface area contributed by atoms with E-state index in [1.54, 1.807) is 0 Å². The maximum absolute atomic E-state index is 3.58. The van der Waals surface area contributed by atoms with Crippen LogP contribution in [0.15, 0.2) is 0 Å². The molecule has 0 radical (unpaired) electrons. The third kappa shape index (κ3) is 5.83. The van der Waals surface area contributed by atoms with E-state index in [1.807, 2.05) is 0 Å². The van der Waals surface area contributed by atoms with Gasteiger partial charge in [-0.2, -0.15) is 0 Å². The van der Waals surface area contributed by atoms with Gasteiger partial charge in [-0.15, -0.1) is 0 Å². The second kappa shape index (κ2) is 6.58. The van der Waals surface area contributed by atoms with E-state index in [1.165, 1.54) is 19.5 Å². The van der Waals surface area contributed by atoms with Crippen molar-refractivity contribution in [1.82, 2.24) is 15.5 Å². The lowest BCUT2D eigenvalue weighted by Crippen LogP contribution is -2.50. The molecule has 16 heavy (non-hydrogen) atoms. The van der Waals surface area contributed by atoms with Crippen molar-refractivity contribution in [3.63, 3.8) is 0 Å². The first kappa shape index (κ1) is 13.9. The number of piperazine rings is 1. The van der Waals surface area contributed by atoms with Gasteiger partial charge in [0.15, 0.2) is 0 Å². The molecule has 0 aliphatic carbocycles. The number of hydrogen-bond donors (Lipinski definition) is 2. The first-order chi connectivity index (χ1) is 7.49. The van der Waals surface area contributed by atoms with Gasteiger partial charge in [0.1, 0.15) is 0 Å². The van der Waals surface area contributed by atoms with Crippen LogP contribution in [0.2, 0.25) is 0 Å². The lowest BCUT2D eigenvalue weighted by atomic mass is 9.92. The molecule has 3 heteroatoms. The summed E-state index contributed by atoms with van der Waals surface area (Å²) in [4.78, 5) is 2.57. The first-order valence-corrected chi connectivity index (χ1v) is 6.64. The average molecular weight is 227 g/mol. The van der Waals surface area contributed by atoms with Gasteiger partial charge in [-0.25, -0.2) is 0 Å². The summed E-state index contributed by atoms with van der Waals surface area (Å²) in [6.07, 6.45) is 1.25. The topological polar surface area (TPSA) is 27.3 Å². The molecule has 1 saturated heterocycles. The van der Waals surface area contributed by atoms with Crippen LogP contribution in [0.3, 0.4) is 0 Å². The molecule has 0 amide bonds. The second-order valence-electron chi connectivity index (χ2n) is 6.15. The molecule has 1 aliphatic heterocycles. The zero-order valence-electron chi connectivity index (χ0n) is 11.5. The van der Waals surface area contributed by atoms with Crippen molar-refractivity contribution in [2.24, 2.45) is 5.41 Å². The summed E-state index contributed by atoms with van der Waals surface area (Å²) in [6.45, 7) is 16.2. The molecular formula is C13H29N3. The minimum Gasteiger partial charge on any atom is -0.315 e. The Balaban J connectivity index is 2.07. The van der Waals surface area contributed by atoms with Gasteiger partial charge in [0.05, 0.1) is 0 Å². The largest absolute Gasteiger partial charge is 0.315 e. The molecule has 1 heterocycles. The Hall–Kier alpha value is -0.120. The Morgan fingerprint density at radius 2 is 1.88 bits per heavy atom. The summed E-state index contributed by atoms with van der Waals surface area (Å²) < 4.78 is 0. The third-order valence-electron chi connectivity index (χ3n) is 3.27. The lowest BCUT2D eigenvalue weighted by Gasteiger charge is -2.33. The van der Waals surface area contributed by atoms with Gasteiger partial charge >= 0.3 is 0 Å². The highest BCUT2D eigenvalue weighted by Crippen LogP contribution is 2.16. The fraction of sp³-hybridized carbons (Fsp3) is 1.00. The molecule has 1 unspecified atom stereocenters.